The molecule has 0 unspecified atom stereocenters. The lowest BCUT2D eigenvalue weighted by molar-refractivity contribution is -0.128. The number of aromatic nitrogens is 1. The maximum atomic E-state index is 13.0. The van der Waals surface area contributed by atoms with Gasteiger partial charge in [0.2, 0.25) is 0 Å². The van der Waals surface area contributed by atoms with Crippen molar-refractivity contribution in [2.45, 2.75) is 13.0 Å². The van der Waals surface area contributed by atoms with Gasteiger partial charge >= 0.3 is 0 Å². The summed E-state index contributed by atoms with van der Waals surface area (Å²) in [6.07, 6.45) is 2.83. The fourth-order valence-electron chi connectivity index (χ4n) is 3.78. The summed E-state index contributed by atoms with van der Waals surface area (Å²) < 4.78 is 5.75. The summed E-state index contributed by atoms with van der Waals surface area (Å²) >= 11 is 0. The maximum Gasteiger partial charge on any atom is 0.253 e. The van der Waals surface area contributed by atoms with Gasteiger partial charge in [-0.05, 0) is 18.2 Å². The number of hydrogen-bond donors (Lipinski definition) is 1. The van der Waals surface area contributed by atoms with Gasteiger partial charge in [0.25, 0.3) is 5.91 Å². The largest absolute Gasteiger partial charge is 0.488 e. The molecule has 2 aliphatic rings. The molecule has 1 aromatic heterocycles. The van der Waals surface area contributed by atoms with Crippen LogP contribution in [0.1, 0.15) is 16.8 Å². The minimum Gasteiger partial charge on any atom is -0.488 e. The smallest absolute Gasteiger partial charge is 0.253 e. The molecule has 0 aliphatic carbocycles. The average molecular weight is 330 g/mol. The first-order valence-electron chi connectivity index (χ1n) is 8.60. The third kappa shape index (κ3) is 2.33. The second kappa shape index (κ2) is 5.52. The third-order valence-electron chi connectivity index (χ3n) is 5.08. The molecule has 124 valence electrons. The summed E-state index contributed by atoms with van der Waals surface area (Å²) in [4.78, 5) is 18.4. The number of nitrogens with one attached hydrogen (secondary N) is 1. The van der Waals surface area contributed by atoms with Crippen molar-refractivity contribution in [3.8, 4) is 5.75 Å². The van der Waals surface area contributed by atoms with Crippen LogP contribution >= 0.6 is 0 Å². The molecule has 0 saturated carbocycles. The molecule has 1 amide bonds. The van der Waals surface area contributed by atoms with Crippen molar-refractivity contribution in [3.05, 3.63) is 70.9 Å². The number of hydrogen-bond acceptors (Lipinski definition) is 2. The van der Waals surface area contributed by atoms with E-state index < -0.39 is 0 Å². The van der Waals surface area contributed by atoms with Gasteiger partial charge < -0.3 is 14.6 Å². The fraction of sp³-hybridized carbons (Fsp3) is 0.190. The zero-order chi connectivity index (χ0) is 16.8. The highest BCUT2D eigenvalue weighted by Gasteiger charge is 2.27. The van der Waals surface area contributed by atoms with E-state index in [0.717, 1.165) is 35.4 Å². The van der Waals surface area contributed by atoms with E-state index >= 15 is 0 Å². The lowest BCUT2D eigenvalue weighted by Crippen LogP contribution is -2.38. The van der Waals surface area contributed by atoms with Crippen LogP contribution in [0.15, 0.2) is 54.1 Å². The molecule has 5 rings (SSSR count). The number of fused-ring (bicyclic) bond motifs is 4. The first-order valence-corrected chi connectivity index (χ1v) is 8.60. The first-order chi connectivity index (χ1) is 12.3. The summed E-state index contributed by atoms with van der Waals surface area (Å²) in [5.74, 6) is 0.919. The number of amides is 1. The van der Waals surface area contributed by atoms with Gasteiger partial charge in [-0.25, -0.2) is 0 Å². The predicted octanol–water partition coefficient (Wildman–Crippen LogP) is 3.53. The van der Waals surface area contributed by atoms with Gasteiger partial charge in [0.05, 0.1) is 5.57 Å². The van der Waals surface area contributed by atoms with Gasteiger partial charge in [-0.2, -0.15) is 0 Å². The molecule has 0 bridgehead atoms. The SMILES string of the molecule is O=C(C1=Cc2ccccc2OC1)N1CCc2[nH]c3ccccc3c2C1. The van der Waals surface area contributed by atoms with Crippen LogP contribution in [0.4, 0.5) is 0 Å². The van der Waals surface area contributed by atoms with E-state index in [0.29, 0.717) is 13.2 Å². The molecule has 3 heterocycles. The summed E-state index contributed by atoms with van der Waals surface area (Å²) in [5.41, 5.74) is 5.34. The molecular weight excluding hydrogens is 312 g/mol. The molecule has 0 fully saturated rings. The quantitative estimate of drug-likeness (QED) is 0.742. The number of aromatic amines is 1. The van der Waals surface area contributed by atoms with Crippen LogP contribution in [0, 0.1) is 0 Å². The van der Waals surface area contributed by atoms with Crippen molar-refractivity contribution in [1.82, 2.24) is 9.88 Å². The zero-order valence-electron chi connectivity index (χ0n) is 13.8. The van der Waals surface area contributed by atoms with Crippen LogP contribution in [0.3, 0.4) is 0 Å². The lowest BCUT2D eigenvalue weighted by atomic mass is 10.0. The Hall–Kier alpha value is -3.01. The van der Waals surface area contributed by atoms with E-state index in [2.05, 4.69) is 17.1 Å². The van der Waals surface area contributed by atoms with Crippen LogP contribution < -0.4 is 4.74 Å². The number of nitrogens with zero attached hydrogens (tertiary/aromatic N) is 1. The highest BCUT2D eigenvalue weighted by atomic mass is 16.5. The summed E-state index contributed by atoms with van der Waals surface area (Å²) in [6, 6.07) is 16.1. The minimum atomic E-state index is 0.0745. The van der Waals surface area contributed by atoms with Gasteiger partial charge in [-0.1, -0.05) is 36.4 Å². The number of carbonyl (C=O) groups excluding carboxylic acids is 1. The molecule has 0 atom stereocenters. The Balaban J connectivity index is 1.45. The molecule has 25 heavy (non-hydrogen) atoms. The summed E-state index contributed by atoms with van der Waals surface area (Å²) in [6.45, 7) is 1.72. The van der Waals surface area contributed by atoms with Crippen molar-refractivity contribution in [1.29, 1.82) is 0 Å². The Labute approximate surface area is 145 Å². The molecule has 4 heteroatoms. The van der Waals surface area contributed by atoms with E-state index in [-0.39, 0.29) is 5.91 Å². The van der Waals surface area contributed by atoms with Gasteiger partial charge in [0, 0.05) is 47.2 Å². The van der Waals surface area contributed by atoms with Crippen LogP contribution in [0.2, 0.25) is 0 Å². The highest BCUT2D eigenvalue weighted by molar-refractivity contribution is 5.99. The molecule has 0 saturated heterocycles. The second-order valence-electron chi connectivity index (χ2n) is 6.60. The van der Waals surface area contributed by atoms with E-state index in [1.807, 2.05) is 47.4 Å². The predicted molar refractivity (Wildman–Crippen MR) is 97.3 cm³/mol. The van der Waals surface area contributed by atoms with Gasteiger partial charge in [-0.15, -0.1) is 0 Å². The van der Waals surface area contributed by atoms with Crippen LogP contribution in [-0.2, 0) is 17.8 Å². The van der Waals surface area contributed by atoms with Crippen LogP contribution in [-0.4, -0.2) is 28.9 Å². The molecular formula is C21H18N2O2. The molecule has 0 radical (unpaired) electrons. The Bertz CT molecular complexity index is 1020. The normalized spacial score (nSPS) is 16.0. The topological polar surface area (TPSA) is 45.3 Å². The number of para-hydroxylation sites is 2. The number of rotatable bonds is 1. The molecule has 3 aromatic rings. The van der Waals surface area contributed by atoms with E-state index in [9.17, 15) is 4.79 Å². The molecule has 2 aliphatic heterocycles. The first kappa shape index (κ1) is 14.3. The Morgan fingerprint density at radius 1 is 1.08 bits per heavy atom. The van der Waals surface area contributed by atoms with Crippen LogP contribution in [0.25, 0.3) is 17.0 Å². The molecule has 0 spiro atoms. The fourth-order valence-corrected chi connectivity index (χ4v) is 3.78. The number of benzene rings is 2. The van der Waals surface area contributed by atoms with E-state index in [1.165, 1.54) is 16.6 Å². The zero-order valence-corrected chi connectivity index (χ0v) is 13.8. The standard InChI is InChI=1S/C21H18N2O2/c24-21(15-11-14-5-1-4-8-20(14)25-13-15)23-10-9-19-17(12-23)16-6-2-3-7-18(16)22-19/h1-8,11,22H,9-10,12-13H2. The van der Waals surface area contributed by atoms with Crippen molar-refractivity contribution < 1.29 is 9.53 Å². The monoisotopic (exact) mass is 330 g/mol. The summed E-state index contributed by atoms with van der Waals surface area (Å²) in [7, 11) is 0. The Morgan fingerprint density at radius 3 is 2.88 bits per heavy atom. The molecule has 4 nitrogen and oxygen atoms in total. The van der Waals surface area contributed by atoms with Crippen LogP contribution in [0.5, 0.6) is 5.75 Å². The van der Waals surface area contributed by atoms with Crippen molar-refractivity contribution in [3.63, 3.8) is 0 Å². The van der Waals surface area contributed by atoms with Crippen molar-refractivity contribution in [2.75, 3.05) is 13.2 Å². The second-order valence-corrected chi connectivity index (χ2v) is 6.60. The highest BCUT2D eigenvalue weighted by Crippen LogP contribution is 2.30. The van der Waals surface area contributed by atoms with E-state index in [4.69, 9.17) is 4.74 Å². The van der Waals surface area contributed by atoms with Gasteiger partial charge in [0.1, 0.15) is 12.4 Å². The minimum absolute atomic E-state index is 0.0745. The van der Waals surface area contributed by atoms with Crippen molar-refractivity contribution in [2.24, 2.45) is 0 Å². The number of carbonyl (C=O) groups is 1. The molecule has 1 N–H and O–H groups in total. The molecule has 2 aromatic carbocycles. The Morgan fingerprint density at radius 2 is 1.92 bits per heavy atom. The lowest BCUT2D eigenvalue weighted by Gasteiger charge is -2.29. The number of H-pyrrole nitrogens is 1. The van der Waals surface area contributed by atoms with Gasteiger partial charge in [0.15, 0.2) is 0 Å². The third-order valence-corrected chi connectivity index (χ3v) is 5.08. The Kier molecular flexibility index (Phi) is 3.17. The summed E-state index contributed by atoms with van der Waals surface area (Å²) in [5, 5.41) is 1.22. The average Bonchev–Trinajstić information content (AvgIpc) is 3.05. The van der Waals surface area contributed by atoms with Gasteiger partial charge in [-0.3, -0.25) is 4.79 Å². The van der Waals surface area contributed by atoms with E-state index in [1.54, 1.807) is 0 Å². The number of ether oxygens (including phenoxy) is 1. The van der Waals surface area contributed by atoms with Crippen molar-refractivity contribution >= 4 is 22.9 Å². The maximum absolute atomic E-state index is 13.0.